The number of hydrogen-bond acceptors (Lipinski definition) is 6. The van der Waals surface area contributed by atoms with Crippen LogP contribution in [0.1, 0.15) is 15.9 Å². The molecule has 0 amide bonds. The Morgan fingerprint density at radius 2 is 2.14 bits per heavy atom. The maximum absolute atomic E-state index is 11.7. The molecule has 0 radical (unpaired) electrons. The highest BCUT2D eigenvalue weighted by Gasteiger charge is 2.11. The molecule has 112 valence electrons. The maximum atomic E-state index is 11.7. The van der Waals surface area contributed by atoms with Crippen LogP contribution in [0.15, 0.2) is 42.0 Å². The summed E-state index contributed by atoms with van der Waals surface area (Å²) in [5, 5.41) is 6.33. The third-order valence-electron chi connectivity index (χ3n) is 3.37. The van der Waals surface area contributed by atoms with Gasteiger partial charge in [0.15, 0.2) is 0 Å². The zero-order valence-corrected chi connectivity index (χ0v) is 12.9. The number of carbonyl (C=O) groups is 1. The molecular weight excluding hydrogens is 298 g/mol. The predicted octanol–water partition coefficient (Wildman–Crippen LogP) is 3.13. The van der Waals surface area contributed by atoms with E-state index in [0.29, 0.717) is 18.5 Å². The molecule has 5 nitrogen and oxygen atoms in total. The number of nitrogens with one attached hydrogen (secondary N) is 1. The molecule has 0 spiro atoms. The van der Waals surface area contributed by atoms with Crippen molar-refractivity contribution in [3.8, 4) is 0 Å². The Kier molecular flexibility index (Phi) is 4.29. The van der Waals surface area contributed by atoms with E-state index in [4.69, 9.17) is 4.74 Å². The van der Waals surface area contributed by atoms with Crippen molar-refractivity contribution in [3.05, 3.63) is 53.2 Å². The summed E-state index contributed by atoms with van der Waals surface area (Å²) in [5.41, 5.74) is 1.56. The third-order valence-corrected chi connectivity index (χ3v) is 4.19. The van der Waals surface area contributed by atoms with Gasteiger partial charge in [0.1, 0.15) is 17.0 Å². The van der Waals surface area contributed by atoms with E-state index in [2.05, 4.69) is 15.3 Å². The van der Waals surface area contributed by atoms with Gasteiger partial charge in [-0.2, -0.15) is 0 Å². The van der Waals surface area contributed by atoms with Crippen LogP contribution >= 0.6 is 11.3 Å². The molecule has 3 aromatic rings. The predicted molar refractivity (Wildman–Crippen MR) is 87.4 cm³/mol. The lowest BCUT2D eigenvalue weighted by Crippen LogP contribution is -2.11. The van der Waals surface area contributed by atoms with Crippen LogP contribution in [-0.2, 0) is 11.2 Å². The first kappa shape index (κ1) is 14.5. The zero-order valence-electron chi connectivity index (χ0n) is 12.1. The van der Waals surface area contributed by atoms with Gasteiger partial charge in [-0.15, -0.1) is 11.3 Å². The van der Waals surface area contributed by atoms with Crippen molar-refractivity contribution in [3.63, 3.8) is 0 Å². The van der Waals surface area contributed by atoms with Crippen molar-refractivity contribution in [1.82, 2.24) is 9.97 Å². The topological polar surface area (TPSA) is 64.1 Å². The number of methoxy groups -OCH3 is 1. The van der Waals surface area contributed by atoms with Crippen LogP contribution in [0.2, 0.25) is 0 Å². The van der Waals surface area contributed by atoms with Crippen molar-refractivity contribution in [1.29, 1.82) is 0 Å². The minimum atomic E-state index is -0.308. The maximum Gasteiger partial charge on any atom is 0.338 e. The molecule has 0 aliphatic carbocycles. The summed E-state index contributed by atoms with van der Waals surface area (Å²) in [6.45, 7) is 0.677. The van der Waals surface area contributed by atoms with Gasteiger partial charge in [-0.25, -0.2) is 14.8 Å². The number of esters is 1. The van der Waals surface area contributed by atoms with E-state index in [1.54, 1.807) is 23.7 Å². The summed E-state index contributed by atoms with van der Waals surface area (Å²) < 4.78 is 4.81. The molecule has 1 aromatic carbocycles. The van der Waals surface area contributed by atoms with E-state index < -0.39 is 0 Å². The molecule has 6 heteroatoms. The number of hydrogen-bond donors (Lipinski definition) is 1. The highest BCUT2D eigenvalue weighted by atomic mass is 32.1. The zero-order chi connectivity index (χ0) is 15.4. The quantitative estimate of drug-likeness (QED) is 0.733. The van der Waals surface area contributed by atoms with Gasteiger partial charge in [0, 0.05) is 6.54 Å². The Hall–Kier alpha value is -2.47. The van der Waals surface area contributed by atoms with Crippen molar-refractivity contribution in [2.75, 3.05) is 19.0 Å². The first-order valence-electron chi connectivity index (χ1n) is 6.88. The first-order chi connectivity index (χ1) is 10.8. The van der Waals surface area contributed by atoms with Crippen molar-refractivity contribution in [2.24, 2.45) is 0 Å². The minimum absolute atomic E-state index is 0.308. The molecule has 2 aromatic heterocycles. The number of thiophene rings is 1. The fourth-order valence-electron chi connectivity index (χ4n) is 2.29. The Balaban J connectivity index is 1.71. The minimum Gasteiger partial charge on any atom is -0.465 e. The summed E-state index contributed by atoms with van der Waals surface area (Å²) in [7, 11) is 1.39. The van der Waals surface area contributed by atoms with Crippen LogP contribution in [0.25, 0.3) is 10.2 Å². The molecule has 2 heterocycles. The Morgan fingerprint density at radius 1 is 1.27 bits per heavy atom. The molecular formula is C16H15N3O2S. The van der Waals surface area contributed by atoms with Gasteiger partial charge in [0.05, 0.1) is 18.1 Å². The number of fused-ring (bicyclic) bond motifs is 1. The average molecular weight is 313 g/mol. The number of nitrogens with zero attached hydrogens (tertiary/aromatic N) is 2. The molecule has 0 bridgehead atoms. The molecule has 0 saturated carbocycles. The first-order valence-corrected chi connectivity index (χ1v) is 7.76. The van der Waals surface area contributed by atoms with Crippen LogP contribution in [0.3, 0.4) is 0 Å². The van der Waals surface area contributed by atoms with E-state index in [1.807, 2.05) is 29.6 Å². The van der Waals surface area contributed by atoms with Crippen LogP contribution in [-0.4, -0.2) is 29.6 Å². The molecule has 0 fully saturated rings. The normalized spacial score (nSPS) is 10.6. The van der Waals surface area contributed by atoms with E-state index in [9.17, 15) is 4.79 Å². The third kappa shape index (κ3) is 2.92. The van der Waals surface area contributed by atoms with E-state index in [0.717, 1.165) is 21.6 Å². The lowest BCUT2D eigenvalue weighted by atomic mass is 10.0. The van der Waals surface area contributed by atoms with E-state index >= 15 is 0 Å². The Bertz CT molecular complexity index is 801. The van der Waals surface area contributed by atoms with Gasteiger partial charge in [0.25, 0.3) is 0 Å². The fraction of sp³-hybridized carbons (Fsp3) is 0.188. The van der Waals surface area contributed by atoms with Crippen molar-refractivity contribution in [2.45, 2.75) is 6.42 Å². The lowest BCUT2D eigenvalue weighted by Gasteiger charge is -2.09. The second kappa shape index (κ2) is 6.53. The van der Waals surface area contributed by atoms with Gasteiger partial charge < -0.3 is 10.1 Å². The summed E-state index contributed by atoms with van der Waals surface area (Å²) in [4.78, 5) is 21.2. The van der Waals surface area contributed by atoms with Crippen LogP contribution < -0.4 is 5.32 Å². The van der Waals surface area contributed by atoms with Gasteiger partial charge in [-0.1, -0.05) is 18.2 Å². The molecule has 0 atom stereocenters. The average Bonchev–Trinajstić information content (AvgIpc) is 3.04. The fourth-order valence-corrected chi connectivity index (χ4v) is 3.03. The monoisotopic (exact) mass is 313 g/mol. The smallest absolute Gasteiger partial charge is 0.338 e. The highest BCUT2D eigenvalue weighted by Crippen LogP contribution is 2.23. The van der Waals surface area contributed by atoms with Gasteiger partial charge in [0.2, 0.25) is 0 Å². The number of ether oxygens (including phenoxy) is 1. The Labute approximate surface area is 132 Å². The van der Waals surface area contributed by atoms with E-state index in [-0.39, 0.29) is 5.97 Å². The molecule has 22 heavy (non-hydrogen) atoms. The summed E-state index contributed by atoms with van der Waals surface area (Å²) in [6.07, 6.45) is 2.27. The number of rotatable bonds is 5. The van der Waals surface area contributed by atoms with Gasteiger partial charge in [-0.05, 0) is 29.5 Å². The van der Waals surface area contributed by atoms with Gasteiger partial charge >= 0.3 is 5.97 Å². The molecule has 0 unspecified atom stereocenters. The van der Waals surface area contributed by atoms with Crippen molar-refractivity contribution < 1.29 is 9.53 Å². The summed E-state index contributed by atoms with van der Waals surface area (Å²) >= 11 is 1.59. The van der Waals surface area contributed by atoms with Gasteiger partial charge in [-0.3, -0.25) is 0 Å². The van der Waals surface area contributed by atoms with Crippen LogP contribution in [0.5, 0.6) is 0 Å². The summed E-state index contributed by atoms with van der Waals surface area (Å²) in [6, 6.07) is 9.48. The van der Waals surface area contributed by atoms with Crippen LogP contribution in [0, 0.1) is 0 Å². The second-order valence-corrected chi connectivity index (χ2v) is 5.58. The van der Waals surface area contributed by atoms with Crippen LogP contribution in [0.4, 0.5) is 5.82 Å². The molecule has 0 aliphatic rings. The number of carbonyl (C=O) groups excluding carboxylic acids is 1. The molecule has 0 aliphatic heterocycles. The molecule has 0 saturated heterocycles. The highest BCUT2D eigenvalue weighted by molar-refractivity contribution is 7.16. The number of benzene rings is 1. The molecule has 1 N–H and O–H groups in total. The largest absolute Gasteiger partial charge is 0.465 e. The second-order valence-electron chi connectivity index (χ2n) is 4.69. The van der Waals surface area contributed by atoms with Crippen molar-refractivity contribution >= 4 is 33.3 Å². The van der Waals surface area contributed by atoms with E-state index in [1.165, 1.54) is 7.11 Å². The summed E-state index contributed by atoms with van der Waals surface area (Å²) in [5.74, 6) is 0.514. The Morgan fingerprint density at radius 3 is 3.00 bits per heavy atom. The SMILES string of the molecule is COC(=O)c1ccccc1CCNc1ncnc2sccc12. The lowest BCUT2D eigenvalue weighted by molar-refractivity contribution is 0.0599. The number of aromatic nitrogens is 2. The molecule has 3 rings (SSSR count). The standard InChI is InChI=1S/C16H15N3O2S/c1-21-16(20)12-5-3-2-4-11(12)6-8-17-14-13-7-9-22-15(13)19-10-18-14/h2-5,7,9-10H,6,8H2,1H3,(H,17,18,19). The number of anilines is 1.